The molecule has 9 N–H and O–H groups in total. The first-order chi connectivity index (χ1) is 14.9. The summed E-state index contributed by atoms with van der Waals surface area (Å²) in [4.78, 5) is 18.5. The molecule has 0 aromatic carbocycles. The molecular formula is C20H38ClN11. The van der Waals surface area contributed by atoms with Gasteiger partial charge in [0.05, 0.1) is 0 Å². The summed E-state index contributed by atoms with van der Waals surface area (Å²) in [5.41, 5.74) is 28.4. The lowest BCUT2D eigenvalue weighted by Gasteiger charge is -2.37. The number of aromatic nitrogens is 3. The van der Waals surface area contributed by atoms with E-state index in [0.29, 0.717) is 44.0 Å². The molecule has 0 bridgehead atoms. The number of piperidine rings is 2. The van der Waals surface area contributed by atoms with Crippen LogP contribution in [-0.2, 0) is 0 Å². The topological polar surface area (TPSA) is 164 Å². The molecule has 0 amide bonds. The maximum Gasteiger partial charge on any atom is 0.244 e. The highest BCUT2D eigenvalue weighted by molar-refractivity contribution is 5.85. The molecular weight excluding hydrogens is 430 g/mol. The van der Waals surface area contributed by atoms with Crippen molar-refractivity contribution in [3.63, 3.8) is 0 Å². The summed E-state index contributed by atoms with van der Waals surface area (Å²) in [5.74, 6) is 3.37. The van der Waals surface area contributed by atoms with Gasteiger partial charge in [0.25, 0.3) is 0 Å². The summed E-state index contributed by atoms with van der Waals surface area (Å²) in [6.45, 7) is 4.82. The SMILES string of the molecule is Cl.N[C@@H]1C[C@H](N)CN(c2nc(NN3CC4CCCC4C3)nc(N3C[C@H](N)C[C@H](N)C3)n2)C1. The van der Waals surface area contributed by atoms with Crippen molar-refractivity contribution in [2.24, 2.45) is 34.8 Å². The van der Waals surface area contributed by atoms with E-state index < -0.39 is 0 Å². The fourth-order valence-electron chi connectivity index (χ4n) is 5.84. The van der Waals surface area contributed by atoms with Crippen molar-refractivity contribution in [1.82, 2.24) is 20.0 Å². The standard InChI is InChI=1S/C20H37N11.ClH/c21-14-4-15(22)9-29(8-14)19-25-18(28-31-6-12-2-1-3-13(12)7-31)26-20(27-19)30-10-16(23)5-17(24)11-30;/h12-17H,1-11,21-24H2,(H,25,26,27,28);1H/t12?,13?,14-,15+,16-,17+;. The van der Waals surface area contributed by atoms with Crippen LogP contribution >= 0.6 is 12.4 Å². The molecule has 4 heterocycles. The molecule has 6 atom stereocenters. The summed E-state index contributed by atoms with van der Waals surface area (Å²) in [7, 11) is 0. The molecule has 4 fully saturated rings. The Hall–Kier alpha value is -1.50. The first-order valence-corrected chi connectivity index (χ1v) is 11.7. The molecule has 32 heavy (non-hydrogen) atoms. The van der Waals surface area contributed by atoms with E-state index in [1.807, 2.05) is 0 Å². The average Bonchev–Trinajstić information content (AvgIpc) is 3.28. The van der Waals surface area contributed by atoms with Crippen molar-refractivity contribution in [3.05, 3.63) is 0 Å². The molecule has 11 nitrogen and oxygen atoms in total. The third-order valence-electron chi connectivity index (χ3n) is 7.19. The van der Waals surface area contributed by atoms with E-state index in [2.05, 4.69) is 20.2 Å². The second-order valence-electron chi connectivity index (χ2n) is 10.0. The fourth-order valence-corrected chi connectivity index (χ4v) is 5.84. The van der Waals surface area contributed by atoms with Crippen LogP contribution < -0.4 is 38.2 Å². The van der Waals surface area contributed by atoms with Crippen molar-refractivity contribution in [2.45, 2.75) is 56.3 Å². The second-order valence-corrected chi connectivity index (χ2v) is 10.0. The Kier molecular flexibility index (Phi) is 7.23. The summed E-state index contributed by atoms with van der Waals surface area (Å²) in [6, 6.07) is 0.0376. The highest BCUT2D eigenvalue weighted by Crippen LogP contribution is 2.37. The molecule has 3 aliphatic heterocycles. The van der Waals surface area contributed by atoms with Gasteiger partial charge in [0.15, 0.2) is 0 Å². The Bertz CT molecular complexity index is 706. The number of rotatable bonds is 4. The number of hydrogen-bond acceptors (Lipinski definition) is 11. The number of nitrogens with one attached hydrogen (secondary N) is 1. The van der Waals surface area contributed by atoms with Crippen LogP contribution in [0.1, 0.15) is 32.1 Å². The monoisotopic (exact) mass is 467 g/mol. The fraction of sp³-hybridized carbons (Fsp3) is 0.850. The number of halogens is 1. The summed E-state index contributed by atoms with van der Waals surface area (Å²) >= 11 is 0. The van der Waals surface area contributed by atoms with E-state index in [9.17, 15) is 0 Å². The molecule has 5 rings (SSSR count). The van der Waals surface area contributed by atoms with Crippen LogP contribution in [0.2, 0.25) is 0 Å². The van der Waals surface area contributed by atoms with Crippen molar-refractivity contribution >= 4 is 30.3 Å². The van der Waals surface area contributed by atoms with E-state index >= 15 is 0 Å². The third-order valence-corrected chi connectivity index (χ3v) is 7.19. The second kappa shape index (κ2) is 9.78. The van der Waals surface area contributed by atoms with Crippen LogP contribution in [0.3, 0.4) is 0 Å². The van der Waals surface area contributed by atoms with Crippen LogP contribution in [0.25, 0.3) is 0 Å². The summed E-state index contributed by atoms with van der Waals surface area (Å²) in [6.07, 6.45) is 5.62. The average molecular weight is 468 g/mol. The maximum atomic E-state index is 6.23. The number of anilines is 3. The molecule has 180 valence electrons. The Morgan fingerprint density at radius 1 is 0.656 bits per heavy atom. The van der Waals surface area contributed by atoms with Crippen molar-refractivity contribution < 1.29 is 0 Å². The van der Waals surface area contributed by atoms with Gasteiger partial charge in [0.2, 0.25) is 17.8 Å². The molecule has 1 aromatic heterocycles. The van der Waals surface area contributed by atoms with E-state index in [4.69, 9.17) is 37.9 Å². The summed E-state index contributed by atoms with van der Waals surface area (Å²) < 4.78 is 0. The number of nitrogens with two attached hydrogens (primary N) is 4. The predicted molar refractivity (Wildman–Crippen MR) is 129 cm³/mol. The molecule has 3 saturated heterocycles. The molecule has 0 spiro atoms. The minimum Gasteiger partial charge on any atom is -0.338 e. The number of fused-ring (bicyclic) bond motifs is 1. The van der Waals surface area contributed by atoms with Gasteiger partial charge in [-0.2, -0.15) is 15.0 Å². The number of nitrogens with zero attached hydrogens (tertiary/aromatic N) is 6. The zero-order chi connectivity index (χ0) is 21.5. The number of hydrazine groups is 1. The van der Waals surface area contributed by atoms with Crippen molar-refractivity contribution in [2.75, 3.05) is 54.5 Å². The van der Waals surface area contributed by atoms with Gasteiger partial charge in [-0.25, -0.2) is 5.01 Å². The van der Waals surface area contributed by atoms with Gasteiger partial charge in [-0.1, -0.05) is 6.42 Å². The third kappa shape index (κ3) is 5.18. The lowest BCUT2D eigenvalue weighted by atomic mass is 10.0. The predicted octanol–water partition coefficient (Wildman–Crippen LogP) is -0.918. The van der Waals surface area contributed by atoms with Crippen LogP contribution in [0, 0.1) is 11.8 Å². The van der Waals surface area contributed by atoms with Crippen LogP contribution in [-0.4, -0.2) is 83.4 Å². The van der Waals surface area contributed by atoms with E-state index in [1.165, 1.54) is 19.3 Å². The first-order valence-electron chi connectivity index (χ1n) is 11.7. The van der Waals surface area contributed by atoms with E-state index in [0.717, 1.165) is 37.8 Å². The largest absolute Gasteiger partial charge is 0.338 e. The van der Waals surface area contributed by atoms with Crippen LogP contribution in [0.5, 0.6) is 0 Å². The molecule has 12 heteroatoms. The molecule has 1 aromatic rings. The van der Waals surface area contributed by atoms with E-state index in [-0.39, 0.29) is 36.6 Å². The minimum atomic E-state index is 0. The zero-order valence-corrected chi connectivity index (χ0v) is 19.5. The van der Waals surface area contributed by atoms with Gasteiger partial charge in [-0.05, 0) is 37.5 Å². The molecule has 1 saturated carbocycles. The van der Waals surface area contributed by atoms with Gasteiger partial charge in [0, 0.05) is 63.4 Å². The number of hydrogen-bond donors (Lipinski definition) is 5. The molecule has 2 unspecified atom stereocenters. The molecule has 4 aliphatic rings. The summed E-state index contributed by atoms with van der Waals surface area (Å²) in [5, 5.41) is 2.26. The maximum absolute atomic E-state index is 6.23. The highest BCUT2D eigenvalue weighted by Gasteiger charge is 2.37. The van der Waals surface area contributed by atoms with Gasteiger partial charge in [0.1, 0.15) is 0 Å². The first kappa shape index (κ1) is 23.7. The van der Waals surface area contributed by atoms with E-state index in [1.54, 1.807) is 0 Å². The van der Waals surface area contributed by atoms with Gasteiger partial charge >= 0.3 is 0 Å². The minimum absolute atomic E-state index is 0. The molecule has 0 radical (unpaired) electrons. The quantitative estimate of drug-likeness (QED) is 0.371. The Morgan fingerprint density at radius 2 is 1.09 bits per heavy atom. The smallest absolute Gasteiger partial charge is 0.244 e. The Balaban J connectivity index is 0.00000245. The Morgan fingerprint density at radius 3 is 1.53 bits per heavy atom. The van der Waals surface area contributed by atoms with Gasteiger partial charge in [-0.15, -0.1) is 12.4 Å². The van der Waals surface area contributed by atoms with Crippen molar-refractivity contribution in [1.29, 1.82) is 0 Å². The lowest BCUT2D eigenvalue weighted by Crippen LogP contribution is -2.54. The van der Waals surface area contributed by atoms with Gasteiger partial charge < -0.3 is 32.7 Å². The van der Waals surface area contributed by atoms with Gasteiger partial charge in [-0.3, -0.25) is 5.43 Å². The lowest BCUT2D eigenvalue weighted by molar-refractivity contribution is 0.368. The molecule has 1 aliphatic carbocycles. The van der Waals surface area contributed by atoms with Crippen molar-refractivity contribution in [3.8, 4) is 0 Å². The highest BCUT2D eigenvalue weighted by atomic mass is 35.5. The van der Waals surface area contributed by atoms with Crippen LogP contribution in [0.15, 0.2) is 0 Å². The zero-order valence-electron chi connectivity index (χ0n) is 18.6. The van der Waals surface area contributed by atoms with Crippen LogP contribution in [0.4, 0.5) is 17.8 Å². The normalized spacial score (nSPS) is 35.5. The Labute approximate surface area is 196 Å².